The zero-order valence-corrected chi connectivity index (χ0v) is 16.5. The lowest BCUT2D eigenvalue weighted by Gasteiger charge is -2.27. The van der Waals surface area contributed by atoms with Crippen molar-refractivity contribution in [2.24, 2.45) is 0 Å². The number of carbonyl (C=O) groups is 2. The van der Waals surface area contributed by atoms with Gasteiger partial charge in [0.05, 0.1) is 23.9 Å². The quantitative estimate of drug-likeness (QED) is 0.703. The highest BCUT2D eigenvalue weighted by atomic mass is 16.5. The molecule has 3 aromatic carbocycles. The fourth-order valence-electron chi connectivity index (χ4n) is 3.80. The molecule has 0 saturated carbocycles. The minimum atomic E-state index is -0.300. The number of amides is 2. The number of carbonyl (C=O) groups excluding carboxylic acids is 2. The number of piperidine rings is 1. The van der Waals surface area contributed by atoms with Crippen LogP contribution < -0.4 is 10.1 Å². The van der Waals surface area contributed by atoms with E-state index in [0.29, 0.717) is 22.6 Å². The summed E-state index contributed by atoms with van der Waals surface area (Å²) >= 11 is 0. The van der Waals surface area contributed by atoms with Crippen LogP contribution in [0.2, 0.25) is 0 Å². The maximum Gasteiger partial charge on any atom is 0.259 e. The number of rotatable bonds is 4. The average Bonchev–Trinajstić information content (AvgIpc) is 2.78. The smallest absolute Gasteiger partial charge is 0.259 e. The summed E-state index contributed by atoms with van der Waals surface area (Å²) in [6.45, 7) is 1.53. The van der Waals surface area contributed by atoms with Crippen LogP contribution in [-0.4, -0.2) is 36.9 Å². The van der Waals surface area contributed by atoms with E-state index >= 15 is 0 Å². The van der Waals surface area contributed by atoms with Gasteiger partial charge in [-0.25, -0.2) is 0 Å². The number of ether oxygens (including phenoxy) is 1. The first-order chi connectivity index (χ1) is 14.2. The minimum Gasteiger partial charge on any atom is -0.496 e. The highest BCUT2D eigenvalue weighted by Crippen LogP contribution is 2.28. The number of para-hydroxylation sites is 1. The standard InChI is InChI=1S/C24H24N2O3/c1-29-22-16-18-10-4-3-9-17(18)15-20(22)23(27)25-21-12-6-5-11-19(21)24(28)26-13-7-2-8-14-26/h3-6,9-12,15-16H,2,7-8,13-14H2,1H3,(H,25,27). The fraction of sp³-hybridized carbons (Fsp3) is 0.250. The SMILES string of the molecule is COc1cc2ccccc2cc1C(=O)Nc1ccccc1C(=O)N1CCCCC1. The largest absolute Gasteiger partial charge is 0.496 e. The maximum atomic E-state index is 13.1. The molecule has 1 fully saturated rings. The third-order valence-corrected chi connectivity index (χ3v) is 5.36. The molecule has 0 spiro atoms. The molecular formula is C24H24N2O3. The maximum absolute atomic E-state index is 13.1. The van der Waals surface area contributed by atoms with Crippen molar-refractivity contribution in [3.8, 4) is 5.75 Å². The van der Waals surface area contributed by atoms with Crippen molar-refractivity contribution >= 4 is 28.3 Å². The third-order valence-electron chi connectivity index (χ3n) is 5.36. The van der Waals surface area contributed by atoms with E-state index in [-0.39, 0.29) is 11.8 Å². The van der Waals surface area contributed by atoms with Crippen LogP contribution in [0, 0.1) is 0 Å². The topological polar surface area (TPSA) is 58.6 Å². The molecule has 2 amide bonds. The Morgan fingerprint density at radius 1 is 0.862 bits per heavy atom. The number of nitrogens with zero attached hydrogens (tertiary/aromatic N) is 1. The molecule has 4 rings (SSSR count). The molecule has 5 heteroatoms. The van der Waals surface area contributed by atoms with E-state index < -0.39 is 0 Å². The molecule has 1 aliphatic rings. The number of fused-ring (bicyclic) bond motifs is 1. The van der Waals surface area contributed by atoms with Gasteiger partial charge in [0.25, 0.3) is 11.8 Å². The number of methoxy groups -OCH3 is 1. The lowest BCUT2D eigenvalue weighted by atomic mass is 10.0. The van der Waals surface area contributed by atoms with Gasteiger partial charge in [-0.2, -0.15) is 0 Å². The Labute approximate surface area is 170 Å². The van der Waals surface area contributed by atoms with E-state index in [2.05, 4.69) is 5.32 Å². The number of hydrogen-bond donors (Lipinski definition) is 1. The number of nitrogens with one attached hydrogen (secondary N) is 1. The van der Waals surface area contributed by atoms with E-state index in [0.717, 1.165) is 43.1 Å². The van der Waals surface area contributed by atoms with Crippen LogP contribution in [0.5, 0.6) is 5.75 Å². The minimum absolute atomic E-state index is 0.0360. The molecule has 0 atom stereocenters. The summed E-state index contributed by atoms with van der Waals surface area (Å²) < 4.78 is 5.45. The molecule has 0 aromatic heterocycles. The predicted octanol–water partition coefficient (Wildman–Crippen LogP) is 4.73. The number of benzene rings is 3. The average molecular weight is 388 g/mol. The monoisotopic (exact) mass is 388 g/mol. The van der Waals surface area contributed by atoms with Crippen molar-refractivity contribution in [1.82, 2.24) is 4.90 Å². The Morgan fingerprint density at radius 3 is 2.24 bits per heavy atom. The van der Waals surface area contributed by atoms with Gasteiger partial charge in [0.1, 0.15) is 5.75 Å². The van der Waals surface area contributed by atoms with E-state index in [1.54, 1.807) is 19.2 Å². The van der Waals surface area contributed by atoms with Gasteiger partial charge in [-0.1, -0.05) is 36.4 Å². The van der Waals surface area contributed by atoms with Crippen LogP contribution >= 0.6 is 0 Å². The molecule has 0 bridgehead atoms. The third kappa shape index (κ3) is 3.94. The second-order valence-corrected chi connectivity index (χ2v) is 7.25. The number of anilines is 1. The van der Waals surface area contributed by atoms with Gasteiger partial charge in [0.15, 0.2) is 0 Å². The first-order valence-electron chi connectivity index (χ1n) is 9.94. The van der Waals surface area contributed by atoms with Gasteiger partial charge in [-0.15, -0.1) is 0 Å². The Hall–Kier alpha value is -3.34. The molecular weight excluding hydrogens is 364 g/mol. The molecule has 1 heterocycles. The van der Waals surface area contributed by atoms with Crippen LogP contribution in [0.4, 0.5) is 5.69 Å². The highest BCUT2D eigenvalue weighted by molar-refractivity contribution is 6.11. The molecule has 29 heavy (non-hydrogen) atoms. The van der Waals surface area contributed by atoms with Gasteiger partial charge >= 0.3 is 0 Å². The van der Waals surface area contributed by atoms with Crippen molar-refractivity contribution in [1.29, 1.82) is 0 Å². The summed E-state index contributed by atoms with van der Waals surface area (Å²) in [4.78, 5) is 27.9. The highest BCUT2D eigenvalue weighted by Gasteiger charge is 2.22. The van der Waals surface area contributed by atoms with Crippen LogP contribution in [0.3, 0.4) is 0 Å². The Bertz CT molecular complexity index is 1050. The normalized spacial score (nSPS) is 13.9. The van der Waals surface area contributed by atoms with Crippen molar-refractivity contribution in [2.45, 2.75) is 19.3 Å². The summed E-state index contributed by atoms with van der Waals surface area (Å²) in [7, 11) is 1.55. The van der Waals surface area contributed by atoms with Crippen LogP contribution in [0.25, 0.3) is 10.8 Å². The van der Waals surface area contributed by atoms with Crippen LogP contribution in [-0.2, 0) is 0 Å². The zero-order chi connectivity index (χ0) is 20.2. The van der Waals surface area contributed by atoms with Crippen LogP contribution in [0.15, 0.2) is 60.7 Å². The molecule has 148 valence electrons. The second-order valence-electron chi connectivity index (χ2n) is 7.25. The van der Waals surface area contributed by atoms with Crippen LogP contribution in [0.1, 0.15) is 40.0 Å². The van der Waals surface area contributed by atoms with E-state index in [9.17, 15) is 9.59 Å². The fourth-order valence-corrected chi connectivity index (χ4v) is 3.80. The van der Waals surface area contributed by atoms with Crippen molar-refractivity contribution in [3.05, 3.63) is 71.8 Å². The summed E-state index contributed by atoms with van der Waals surface area (Å²) in [6.07, 6.45) is 3.20. The molecule has 5 nitrogen and oxygen atoms in total. The number of likely N-dealkylation sites (tertiary alicyclic amines) is 1. The predicted molar refractivity (Wildman–Crippen MR) is 115 cm³/mol. The molecule has 1 saturated heterocycles. The molecule has 0 unspecified atom stereocenters. The first-order valence-corrected chi connectivity index (χ1v) is 9.94. The molecule has 0 aliphatic carbocycles. The van der Waals surface area contributed by atoms with E-state index in [1.807, 2.05) is 53.4 Å². The molecule has 1 aliphatic heterocycles. The number of hydrogen-bond acceptors (Lipinski definition) is 3. The summed E-state index contributed by atoms with van der Waals surface area (Å²) in [5.41, 5.74) is 1.47. The lowest BCUT2D eigenvalue weighted by molar-refractivity contribution is 0.0725. The van der Waals surface area contributed by atoms with Gasteiger partial charge in [0, 0.05) is 13.1 Å². The van der Waals surface area contributed by atoms with Crippen molar-refractivity contribution in [3.63, 3.8) is 0 Å². The lowest BCUT2D eigenvalue weighted by Crippen LogP contribution is -2.36. The zero-order valence-electron chi connectivity index (χ0n) is 16.5. The van der Waals surface area contributed by atoms with Crippen molar-refractivity contribution < 1.29 is 14.3 Å². The van der Waals surface area contributed by atoms with Crippen molar-refractivity contribution in [2.75, 3.05) is 25.5 Å². The second kappa shape index (κ2) is 8.35. The van der Waals surface area contributed by atoms with E-state index in [4.69, 9.17) is 4.74 Å². The Kier molecular flexibility index (Phi) is 5.47. The molecule has 0 radical (unpaired) electrons. The van der Waals surface area contributed by atoms with Gasteiger partial charge in [0.2, 0.25) is 0 Å². The van der Waals surface area contributed by atoms with Gasteiger partial charge in [-0.05, 0) is 54.3 Å². The molecule has 1 N–H and O–H groups in total. The Balaban J connectivity index is 1.64. The summed E-state index contributed by atoms with van der Waals surface area (Å²) in [6, 6.07) is 18.7. The summed E-state index contributed by atoms with van der Waals surface area (Å²) in [5.74, 6) is 0.165. The first kappa shape index (κ1) is 19.0. The summed E-state index contributed by atoms with van der Waals surface area (Å²) in [5, 5.41) is 4.88. The van der Waals surface area contributed by atoms with E-state index in [1.165, 1.54) is 0 Å². The van der Waals surface area contributed by atoms with Gasteiger partial charge in [-0.3, -0.25) is 9.59 Å². The Morgan fingerprint density at radius 2 is 1.52 bits per heavy atom. The van der Waals surface area contributed by atoms with Gasteiger partial charge < -0.3 is 15.0 Å². The molecule has 3 aromatic rings.